The first-order chi connectivity index (χ1) is 16.1. The molecule has 0 bridgehead atoms. The third kappa shape index (κ3) is 6.93. The van der Waals surface area contributed by atoms with Crippen molar-refractivity contribution in [2.75, 3.05) is 0 Å². The van der Waals surface area contributed by atoms with Crippen molar-refractivity contribution < 1.29 is 24.5 Å². The van der Waals surface area contributed by atoms with Crippen LogP contribution in [-0.4, -0.2) is 46.7 Å². The van der Waals surface area contributed by atoms with Crippen LogP contribution in [0.2, 0.25) is 0 Å². The third-order valence-corrected chi connectivity index (χ3v) is 7.88. The van der Waals surface area contributed by atoms with Crippen LogP contribution in [-0.2, 0) is 14.3 Å². The van der Waals surface area contributed by atoms with Crippen molar-refractivity contribution in [3.05, 3.63) is 47.6 Å². The molecule has 34 heavy (non-hydrogen) atoms. The van der Waals surface area contributed by atoms with E-state index in [1.165, 1.54) is 11.1 Å². The van der Waals surface area contributed by atoms with Crippen LogP contribution < -0.4 is 0 Å². The maximum Gasteiger partial charge on any atom is 0.305 e. The van der Waals surface area contributed by atoms with Gasteiger partial charge in [0.15, 0.2) is 0 Å². The zero-order valence-corrected chi connectivity index (χ0v) is 21.7. The highest BCUT2D eigenvalue weighted by Gasteiger charge is 2.43. The molecule has 1 saturated heterocycles. The fraction of sp³-hybridized carbons (Fsp3) is 0.690. The summed E-state index contributed by atoms with van der Waals surface area (Å²) in [6, 6.07) is 0. The molecule has 0 aromatic heterocycles. The maximum atomic E-state index is 11.1. The van der Waals surface area contributed by atoms with Gasteiger partial charge in [0, 0.05) is 0 Å². The molecule has 1 aliphatic carbocycles. The van der Waals surface area contributed by atoms with Gasteiger partial charge in [-0.1, -0.05) is 64.2 Å². The minimum atomic E-state index is -0.859. The van der Waals surface area contributed by atoms with Gasteiger partial charge in [0.05, 0.1) is 30.8 Å². The van der Waals surface area contributed by atoms with Crippen molar-refractivity contribution >= 4 is 5.97 Å². The summed E-state index contributed by atoms with van der Waals surface area (Å²) < 4.78 is 12.2. The molecule has 0 amide bonds. The summed E-state index contributed by atoms with van der Waals surface area (Å²) in [5.74, 6) is 0.978. The van der Waals surface area contributed by atoms with Gasteiger partial charge < -0.3 is 19.7 Å². The number of ether oxygens (including phenoxy) is 2. The lowest BCUT2D eigenvalue weighted by molar-refractivity contribution is -0.151. The highest BCUT2D eigenvalue weighted by Crippen LogP contribution is 2.48. The molecule has 2 heterocycles. The first kappa shape index (κ1) is 26.9. The van der Waals surface area contributed by atoms with Gasteiger partial charge in [-0.25, -0.2) is 0 Å². The molecule has 1 saturated carbocycles. The van der Waals surface area contributed by atoms with Crippen LogP contribution in [0.3, 0.4) is 0 Å². The number of carbonyl (C=O) groups is 1. The van der Waals surface area contributed by atoms with Gasteiger partial charge in [-0.2, -0.15) is 0 Å². The summed E-state index contributed by atoms with van der Waals surface area (Å²) in [5.41, 5.74) is 2.65. The number of rotatable bonds is 9. The molecule has 5 nitrogen and oxygen atoms in total. The summed E-state index contributed by atoms with van der Waals surface area (Å²) in [7, 11) is 0. The van der Waals surface area contributed by atoms with Crippen LogP contribution in [0.25, 0.3) is 0 Å². The van der Waals surface area contributed by atoms with Gasteiger partial charge in [0.25, 0.3) is 0 Å². The molecule has 0 unspecified atom stereocenters. The topological polar surface area (TPSA) is 76.0 Å². The molecule has 0 aromatic rings. The summed E-state index contributed by atoms with van der Waals surface area (Å²) in [5, 5.41) is 19.6. The van der Waals surface area contributed by atoms with Crippen molar-refractivity contribution in [3.63, 3.8) is 0 Å². The highest BCUT2D eigenvalue weighted by molar-refractivity contribution is 5.67. The molecule has 10 atom stereocenters. The van der Waals surface area contributed by atoms with Crippen molar-refractivity contribution in [2.24, 2.45) is 29.6 Å². The SMILES string of the molecule is CC[C@H]1O[C@@H](/C(C)=C/[C@H](C)/C=C/[C@H]2[C@@H](C)[C@@H]2/C=C/[C@@H]2O[C@H](CC(=O)O)C[C@H](C)[C@H]2O)CC=C1C. The molecular weight excluding hydrogens is 428 g/mol. The molecule has 0 radical (unpaired) electrons. The minimum absolute atomic E-state index is 0.0156. The summed E-state index contributed by atoms with van der Waals surface area (Å²) >= 11 is 0. The van der Waals surface area contributed by atoms with Crippen LogP contribution in [0.5, 0.6) is 0 Å². The van der Waals surface area contributed by atoms with Crippen LogP contribution in [0, 0.1) is 29.6 Å². The third-order valence-electron chi connectivity index (χ3n) is 7.88. The quantitative estimate of drug-likeness (QED) is 0.421. The smallest absolute Gasteiger partial charge is 0.305 e. The highest BCUT2D eigenvalue weighted by atomic mass is 16.5. The second kappa shape index (κ2) is 11.8. The number of hydrogen-bond acceptors (Lipinski definition) is 4. The zero-order chi connectivity index (χ0) is 25.0. The largest absolute Gasteiger partial charge is 0.481 e. The molecule has 2 aliphatic heterocycles. The molecule has 0 aromatic carbocycles. The second-order valence-corrected chi connectivity index (χ2v) is 10.8. The molecule has 3 rings (SSSR count). The number of carboxylic acid groups (broad SMARTS) is 1. The van der Waals surface area contributed by atoms with E-state index < -0.39 is 18.2 Å². The summed E-state index contributed by atoms with van der Waals surface area (Å²) in [6.45, 7) is 12.9. The predicted octanol–water partition coefficient (Wildman–Crippen LogP) is 5.71. The van der Waals surface area contributed by atoms with E-state index in [0.717, 1.165) is 12.8 Å². The van der Waals surface area contributed by atoms with Crippen LogP contribution >= 0.6 is 0 Å². The fourth-order valence-electron chi connectivity index (χ4n) is 5.47. The van der Waals surface area contributed by atoms with Crippen LogP contribution in [0.4, 0.5) is 0 Å². The molecule has 190 valence electrons. The van der Waals surface area contributed by atoms with E-state index >= 15 is 0 Å². The number of aliphatic carboxylic acids is 1. The summed E-state index contributed by atoms with van der Waals surface area (Å²) in [4.78, 5) is 11.1. The number of aliphatic hydroxyl groups is 1. The molecule has 5 heteroatoms. The van der Waals surface area contributed by atoms with E-state index in [4.69, 9.17) is 14.6 Å². The molecule has 3 aliphatic rings. The van der Waals surface area contributed by atoms with Crippen LogP contribution in [0.15, 0.2) is 47.6 Å². The Morgan fingerprint density at radius 1 is 1.21 bits per heavy atom. The zero-order valence-electron chi connectivity index (χ0n) is 21.7. The Bertz CT molecular complexity index is 824. The molecule has 2 N–H and O–H groups in total. The number of hydrogen-bond donors (Lipinski definition) is 2. The Morgan fingerprint density at radius 3 is 2.59 bits per heavy atom. The number of carboxylic acids is 1. The van der Waals surface area contributed by atoms with Gasteiger partial charge in [0.2, 0.25) is 0 Å². The van der Waals surface area contributed by atoms with E-state index in [1.807, 2.05) is 13.0 Å². The molecule has 2 fully saturated rings. The predicted molar refractivity (Wildman–Crippen MR) is 135 cm³/mol. The van der Waals surface area contributed by atoms with Gasteiger partial charge in [-0.3, -0.25) is 4.79 Å². The Balaban J connectivity index is 1.53. The normalized spacial score (nSPS) is 39.9. The average molecular weight is 473 g/mol. The lowest BCUT2D eigenvalue weighted by Gasteiger charge is -2.36. The van der Waals surface area contributed by atoms with E-state index in [-0.39, 0.29) is 30.7 Å². The van der Waals surface area contributed by atoms with Gasteiger partial charge in [-0.15, -0.1) is 0 Å². The molecule has 0 spiro atoms. The van der Waals surface area contributed by atoms with Crippen LogP contribution in [0.1, 0.15) is 67.2 Å². The van der Waals surface area contributed by atoms with Crippen molar-refractivity contribution in [1.29, 1.82) is 0 Å². The Labute approximate surface area is 205 Å². The van der Waals surface area contributed by atoms with Crippen molar-refractivity contribution in [3.8, 4) is 0 Å². The summed E-state index contributed by atoms with van der Waals surface area (Å²) in [6.07, 6.45) is 14.9. The Morgan fingerprint density at radius 2 is 1.91 bits per heavy atom. The maximum absolute atomic E-state index is 11.1. The van der Waals surface area contributed by atoms with Crippen molar-refractivity contribution in [2.45, 2.75) is 97.7 Å². The Hall–Kier alpha value is -1.69. The standard InChI is InChI=1S/C29H44O5/c1-7-25-18(3)9-12-26(34-25)19(4)14-17(2)8-10-23-21(6)24(23)11-13-27-29(32)20(5)15-22(33-27)16-28(30)31/h8-11,13-14,17,20-27,29,32H,7,12,15-16H2,1-6H3,(H,30,31)/b10-8+,13-11+,19-14+/t17-,20+,21-,22+,23+,24+,25-,26-,27+,29-/m1/s1. The van der Waals surface area contributed by atoms with Crippen molar-refractivity contribution in [1.82, 2.24) is 0 Å². The average Bonchev–Trinajstić information content (AvgIpc) is 3.40. The lowest BCUT2D eigenvalue weighted by Crippen LogP contribution is -2.43. The minimum Gasteiger partial charge on any atom is -0.481 e. The first-order valence-electron chi connectivity index (χ1n) is 13.0. The second-order valence-electron chi connectivity index (χ2n) is 10.8. The Kier molecular flexibility index (Phi) is 9.36. The van der Waals surface area contributed by atoms with Gasteiger partial charge in [-0.05, 0) is 73.8 Å². The van der Waals surface area contributed by atoms with E-state index in [1.54, 1.807) is 0 Å². The van der Waals surface area contributed by atoms with Gasteiger partial charge in [0.1, 0.15) is 6.10 Å². The lowest BCUT2D eigenvalue weighted by atomic mass is 9.89. The van der Waals surface area contributed by atoms with E-state index in [2.05, 4.69) is 65.0 Å². The molecular formula is C29H44O5. The van der Waals surface area contributed by atoms with Gasteiger partial charge >= 0.3 is 5.97 Å². The van der Waals surface area contributed by atoms with E-state index in [9.17, 15) is 9.90 Å². The first-order valence-corrected chi connectivity index (χ1v) is 13.0. The fourth-order valence-corrected chi connectivity index (χ4v) is 5.47. The van der Waals surface area contributed by atoms with E-state index in [0.29, 0.717) is 30.1 Å². The monoisotopic (exact) mass is 472 g/mol. The number of allylic oxidation sites excluding steroid dienone is 4. The number of aliphatic hydroxyl groups excluding tert-OH is 1.